The van der Waals surface area contributed by atoms with E-state index in [-0.39, 0.29) is 28.3 Å². The zero-order chi connectivity index (χ0) is 47.5. The fraction of sp³-hybridized carbons (Fsp3) is 0.388. The number of nitrogens with one attached hydrogen (secondary N) is 2. The highest BCUT2D eigenvalue weighted by atomic mass is 35.5. The summed E-state index contributed by atoms with van der Waals surface area (Å²) in [6.07, 6.45) is 6.80. The third kappa shape index (κ3) is 11.5. The number of sulfonamides is 1. The van der Waals surface area contributed by atoms with Gasteiger partial charge in [-0.2, -0.15) is 6.57 Å². The van der Waals surface area contributed by atoms with Crippen LogP contribution in [0.25, 0.3) is 21.6 Å². The summed E-state index contributed by atoms with van der Waals surface area (Å²) in [5.41, 5.74) is 5.77. The number of hydrogen-bond donors (Lipinski definition) is 2. The van der Waals surface area contributed by atoms with Gasteiger partial charge in [-0.3, -0.25) is 19.8 Å². The Bertz CT molecular complexity index is 2990. The molecule has 0 bridgehead atoms. The van der Waals surface area contributed by atoms with Gasteiger partial charge in [-0.05, 0) is 90.6 Å². The van der Waals surface area contributed by atoms with E-state index in [0.717, 1.165) is 98.7 Å². The third-order valence-corrected chi connectivity index (χ3v) is 17.0. The normalized spacial score (nSPS) is 18.3. The van der Waals surface area contributed by atoms with E-state index in [4.69, 9.17) is 22.9 Å². The smallest absolute Gasteiger partial charge is 0.273 e. The summed E-state index contributed by atoms with van der Waals surface area (Å²) in [4.78, 5) is 43.0. The van der Waals surface area contributed by atoms with Crippen molar-refractivity contribution in [2.75, 3.05) is 68.8 Å². The first kappa shape index (κ1) is 47.7. The number of aromatic nitrogens is 2. The lowest BCUT2D eigenvalue weighted by Gasteiger charge is -2.39. The number of amides is 1. The number of allylic oxidation sites excluding steroid dienone is 1. The number of hydrogen-bond acceptors (Lipinski definition) is 11. The van der Waals surface area contributed by atoms with E-state index in [9.17, 15) is 23.3 Å². The summed E-state index contributed by atoms with van der Waals surface area (Å²) in [6.45, 7) is 19.8. The molecule has 3 aromatic carbocycles. The molecule has 0 unspecified atom stereocenters. The molecule has 2 aromatic heterocycles. The molecule has 5 aromatic rings. The molecular formula is C49H56ClN9O6S2. The molecule has 4 heterocycles. The van der Waals surface area contributed by atoms with Crippen molar-refractivity contribution in [3.05, 3.63) is 134 Å². The number of H-pyrrole nitrogens is 1. The lowest BCUT2D eigenvalue weighted by Crippen LogP contribution is -2.47. The number of halogens is 1. The van der Waals surface area contributed by atoms with E-state index in [1.54, 1.807) is 30.5 Å². The number of benzene rings is 3. The Morgan fingerprint density at radius 3 is 2.52 bits per heavy atom. The van der Waals surface area contributed by atoms with Crippen LogP contribution in [0.2, 0.25) is 5.02 Å². The Morgan fingerprint density at radius 2 is 1.81 bits per heavy atom. The Labute approximate surface area is 397 Å². The quantitative estimate of drug-likeness (QED) is 0.0474. The van der Waals surface area contributed by atoms with Gasteiger partial charge in [-0.15, -0.1) is 4.95 Å². The largest absolute Gasteiger partial charge is 0.455 e. The molecule has 0 spiro atoms. The number of fused-ring (bicyclic) bond motifs is 1. The van der Waals surface area contributed by atoms with Gasteiger partial charge in [-0.25, -0.2) is 18.1 Å². The van der Waals surface area contributed by atoms with Crippen LogP contribution < -0.4 is 14.4 Å². The zero-order valence-electron chi connectivity index (χ0n) is 38.0. The number of pyridine rings is 1. The number of carbonyl (C=O) groups excluding carboxylic acids is 1. The standard InChI is InChI=1S/C49H56ClN9O6S2/c1-34(32-57-22-24-66(5,25-23-57)55-51-4)26-36-8-12-42(29-45(36)59(61)62)67(63,64)54-48(60)43-13-11-40(28-46(43)65-41-27-37-15-17-52-47(37)53-31-41)58-20-18-56(19-21-58)33-38-14-16-49(2,3)30-44(38)35-6-9-39(50)10-7-35/h6-13,15,17,27-29,31,34H,5,14,16,18-26,30,32-33H2,1-3H3,(H,52,53)(H,54,60)/t34-/m1/s1. The van der Waals surface area contributed by atoms with Gasteiger partial charge in [-0.1, -0.05) is 71.4 Å². The molecule has 1 atom stereocenters. The number of nitrogens with zero attached hydrogens (tertiary/aromatic N) is 7. The van der Waals surface area contributed by atoms with E-state index < -0.39 is 35.2 Å². The van der Waals surface area contributed by atoms with Gasteiger partial charge >= 0.3 is 0 Å². The van der Waals surface area contributed by atoms with Crippen molar-refractivity contribution < 1.29 is 22.9 Å². The molecule has 352 valence electrons. The minimum absolute atomic E-state index is 0.00500. The van der Waals surface area contributed by atoms with E-state index in [1.165, 1.54) is 35.0 Å². The molecule has 0 radical (unpaired) electrons. The molecule has 2 N–H and O–H groups in total. The van der Waals surface area contributed by atoms with Crippen LogP contribution in [0.3, 0.4) is 0 Å². The van der Waals surface area contributed by atoms with Crippen molar-refractivity contribution in [1.82, 2.24) is 24.5 Å². The molecule has 2 saturated heterocycles. The average Bonchev–Trinajstić information content (AvgIpc) is 3.76. The van der Waals surface area contributed by atoms with Gasteiger partial charge in [0.25, 0.3) is 21.6 Å². The SMILES string of the molecule is [C-]#[N+]N=S1(=C)CCN(C[C@H](C)Cc2ccc(S(=O)(=O)NC(=O)c3ccc(N4CCN(CC5=C(c6ccc(Cl)cc6)CC(C)(C)CC5)CC4)cc3Oc3cnc4[nH]ccc4c3)cc2[N+](=O)[O-])CC1. The van der Waals surface area contributed by atoms with Crippen LogP contribution in [-0.4, -0.2) is 109 Å². The predicted octanol–water partition coefficient (Wildman–Crippen LogP) is 8.92. The van der Waals surface area contributed by atoms with Gasteiger partial charge in [0, 0.05) is 104 Å². The van der Waals surface area contributed by atoms with Crippen LogP contribution in [0.1, 0.15) is 61.5 Å². The van der Waals surface area contributed by atoms with Crippen molar-refractivity contribution in [2.24, 2.45) is 15.8 Å². The van der Waals surface area contributed by atoms with Gasteiger partial charge in [0.05, 0.1) is 21.6 Å². The molecule has 1 aliphatic carbocycles. The summed E-state index contributed by atoms with van der Waals surface area (Å²) in [7, 11) is -6.12. The predicted molar refractivity (Wildman–Crippen MR) is 268 cm³/mol. The molecule has 0 saturated carbocycles. The molecule has 8 rings (SSSR count). The van der Waals surface area contributed by atoms with Crippen molar-refractivity contribution in [3.63, 3.8) is 0 Å². The fourth-order valence-corrected chi connectivity index (χ4v) is 12.2. The highest BCUT2D eigenvalue weighted by molar-refractivity contribution is 8.02. The maximum absolute atomic E-state index is 14.0. The molecule has 18 heteroatoms. The minimum Gasteiger partial charge on any atom is -0.455 e. The van der Waals surface area contributed by atoms with Crippen LogP contribution in [0.15, 0.2) is 100 Å². The average molecular weight is 967 g/mol. The van der Waals surface area contributed by atoms with Crippen molar-refractivity contribution in [2.45, 2.75) is 51.3 Å². The number of anilines is 1. The Hall–Kier alpha value is -5.77. The van der Waals surface area contributed by atoms with Gasteiger partial charge in [0.2, 0.25) is 0 Å². The monoisotopic (exact) mass is 965 g/mol. The summed E-state index contributed by atoms with van der Waals surface area (Å²) in [5.74, 6) is 5.15. The molecule has 1 amide bonds. The molecule has 2 aliphatic heterocycles. The summed E-state index contributed by atoms with van der Waals surface area (Å²) in [6, 6.07) is 20.6. The van der Waals surface area contributed by atoms with E-state index in [2.05, 4.69) is 70.7 Å². The van der Waals surface area contributed by atoms with Crippen LogP contribution >= 0.6 is 11.6 Å². The molecule has 2 fully saturated rings. The number of piperazine rings is 1. The lowest BCUT2D eigenvalue weighted by atomic mass is 9.72. The Balaban J connectivity index is 0.980. The molecule has 3 aliphatic rings. The first-order valence-electron chi connectivity index (χ1n) is 22.4. The van der Waals surface area contributed by atoms with Crippen LogP contribution in [0, 0.1) is 28.0 Å². The van der Waals surface area contributed by atoms with Gasteiger partial charge in [0.15, 0.2) is 0 Å². The highest BCUT2D eigenvalue weighted by Crippen LogP contribution is 2.43. The second-order valence-corrected chi connectivity index (χ2v) is 23.8. The number of rotatable bonds is 14. The zero-order valence-corrected chi connectivity index (χ0v) is 40.4. The van der Waals surface area contributed by atoms with Crippen molar-refractivity contribution in [3.8, 4) is 11.5 Å². The first-order valence-corrected chi connectivity index (χ1v) is 26.4. The fourth-order valence-electron chi connectivity index (χ4n) is 9.31. The van der Waals surface area contributed by atoms with Crippen LogP contribution in [0.4, 0.5) is 11.4 Å². The van der Waals surface area contributed by atoms with E-state index in [1.807, 2.05) is 25.1 Å². The highest BCUT2D eigenvalue weighted by Gasteiger charge is 2.31. The second-order valence-electron chi connectivity index (χ2n) is 18.7. The van der Waals surface area contributed by atoms with Gasteiger partial charge in [0.1, 0.15) is 21.6 Å². The van der Waals surface area contributed by atoms with Gasteiger partial charge < -0.3 is 19.5 Å². The minimum atomic E-state index is -4.58. The summed E-state index contributed by atoms with van der Waals surface area (Å²) < 4.78 is 40.2. The number of aromatic amines is 1. The second kappa shape index (κ2) is 19.8. The number of nitro benzene ring substituents is 1. The lowest BCUT2D eigenvalue weighted by molar-refractivity contribution is -0.385. The molecule has 15 nitrogen and oxygen atoms in total. The molecule has 67 heavy (non-hydrogen) atoms. The van der Waals surface area contributed by atoms with Crippen molar-refractivity contribution in [1.29, 1.82) is 0 Å². The summed E-state index contributed by atoms with van der Waals surface area (Å²) >= 11 is 6.25. The van der Waals surface area contributed by atoms with Crippen molar-refractivity contribution >= 4 is 70.8 Å². The Kier molecular flexibility index (Phi) is 14.1. The number of nitro groups is 1. The van der Waals surface area contributed by atoms with E-state index in [0.29, 0.717) is 29.9 Å². The maximum Gasteiger partial charge on any atom is 0.273 e. The number of ether oxygens (including phenoxy) is 1. The summed E-state index contributed by atoms with van der Waals surface area (Å²) in [5, 5.41) is 13.8. The van der Waals surface area contributed by atoms with Crippen LogP contribution in [-0.2, 0) is 25.9 Å². The topological polar surface area (TPSA) is 171 Å². The Morgan fingerprint density at radius 1 is 1.06 bits per heavy atom. The number of carbonyl (C=O) groups is 1. The first-order chi connectivity index (χ1) is 32.0. The third-order valence-electron chi connectivity index (χ3n) is 13.1. The van der Waals surface area contributed by atoms with Crippen LogP contribution in [0.5, 0.6) is 11.5 Å². The maximum atomic E-state index is 14.0. The van der Waals surface area contributed by atoms with E-state index >= 15 is 0 Å². The molecular weight excluding hydrogens is 910 g/mol.